The average molecular weight is 489 g/mol. The van der Waals surface area contributed by atoms with Crippen molar-refractivity contribution in [3.63, 3.8) is 0 Å². The summed E-state index contributed by atoms with van der Waals surface area (Å²) in [5, 5.41) is 20.1. The Balaban J connectivity index is 1.46. The molecule has 0 unspecified atom stereocenters. The van der Waals surface area contributed by atoms with Crippen LogP contribution >= 0.6 is 23.1 Å². The van der Waals surface area contributed by atoms with E-state index in [1.165, 1.54) is 7.11 Å². The first-order valence-corrected chi connectivity index (χ1v) is 12.3. The van der Waals surface area contributed by atoms with Crippen LogP contribution in [-0.4, -0.2) is 56.8 Å². The number of carbonyl (C=O) groups is 3. The Bertz CT molecular complexity index is 1270. The maximum atomic E-state index is 13.2. The fourth-order valence-electron chi connectivity index (χ4n) is 6.63. The molecule has 0 spiro atoms. The number of carboxylic acid groups (broad SMARTS) is 1. The lowest BCUT2D eigenvalue weighted by Gasteiger charge is -2.43. The van der Waals surface area contributed by atoms with E-state index in [0.29, 0.717) is 5.75 Å². The van der Waals surface area contributed by atoms with E-state index in [4.69, 9.17) is 4.74 Å². The quantitative estimate of drug-likeness (QED) is 0.553. The lowest BCUT2D eigenvalue weighted by molar-refractivity contribution is -0.149. The lowest BCUT2D eigenvalue weighted by atomic mass is 9.68. The van der Waals surface area contributed by atoms with Crippen molar-refractivity contribution < 1.29 is 29.3 Å². The average Bonchev–Trinajstić information content (AvgIpc) is 3.49. The second kappa shape index (κ2) is 7.10. The number of carboxylic acids is 1. The van der Waals surface area contributed by atoms with Gasteiger partial charge < -0.3 is 19.9 Å². The third-order valence-corrected chi connectivity index (χ3v) is 10.3. The fraction of sp³-hybridized carbons (Fsp3) is 0.455. The first-order valence-electron chi connectivity index (χ1n) is 10.6. The standard InChI is InChI=1S/C22H20N2O7S2/c1-31-11-4-7(2-3-10(11)25)13-14-8-5-9(17(14)32-19-18(13)33-22(30)23-19)16-15(8)20(28)24(21(16)29)6-12(26)27/h2-4,8-9,13-17,25H,5-6H2,1H3,(H,23,30)(H,26,27)/t8-,9-,13-,14-,15+,16+,17-/m1/s1. The van der Waals surface area contributed by atoms with Gasteiger partial charge in [0.25, 0.3) is 0 Å². The zero-order valence-electron chi connectivity index (χ0n) is 17.4. The van der Waals surface area contributed by atoms with Gasteiger partial charge in [-0.15, -0.1) is 11.8 Å². The van der Waals surface area contributed by atoms with Gasteiger partial charge in [0.1, 0.15) is 6.54 Å². The maximum absolute atomic E-state index is 13.2. The van der Waals surface area contributed by atoms with Crippen LogP contribution in [0.5, 0.6) is 11.5 Å². The minimum absolute atomic E-state index is 0.00372. The third-order valence-electron chi connectivity index (χ3n) is 7.67. The highest BCUT2D eigenvalue weighted by Gasteiger charge is 2.69. The van der Waals surface area contributed by atoms with Crippen LogP contribution in [0.3, 0.4) is 0 Å². The number of phenolic OH excluding ortho intramolecular Hbond substituents is 1. The Labute approximate surface area is 195 Å². The van der Waals surface area contributed by atoms with Crippen molar-refractivity contribution in [3.05, 3.63) is 38.3 Å². The summed E-state index contributed by atoms with van der Waals surface area (Å²) in [6, 6.07) is 5.14. The lowest BCUT2D eigenvalue weighted by Crippen LogP contribution is -2.42. The van der Waals surface area contributed by atoms with Gasteiger partial charge in [-0.2, -0.15) is 0 Å². The molecule has 2 bridgehead atoms. The van der Waals surface area contributed by atoms with Gasteiger partial charge in [0, 0.05) is 16.0 Å². The molecule has 1 aromatic carbocycles. The van der Waals surface area contributed by atoms with Gasteiger partial charge >= 0.3 is 10.8 Å². The number of aromatic amines is 1. The third kappa shape index (κ3) is 2.78. The molecule has 6 rings (SSSR count). The monoisotopic (exact) mass is 488 g/mol. The van der Waals surface area contributed by atoms with Crippen molar-refractivity contribution in [2.45, 2.75) is 22.6 Å². The highest BCUT2D eigenvalue weighted by atomic mass is 32.2. The molecule has 3 N–H and O–H groups in total. The number of fused-ring (bicyclic) bond motifs is 9. The Morgan fingerprint density at radius 3 is 2.64 bits per heavy atom. The van der Waals surface area contributed by atoms with Crippen molar-refractivity contribution in [3.8, 4) is 11.5 Å². The molecule has 2 aliphatic heterocycles. The second-order valence-electron chi connectivity index (χ2n) is 9.05. The number of phenols is 1. The molecule has 7 atom stereocenters. The van der Waals surface area contributed by atoms with E-state index in [1.807, 2.05) is 6.07 Å². The van der Waals surface area contributed by atoms with Crippen LogP contribution < -0.4 is 9.61 Å². The molecule has 3 fully saturated rings. The van der Waals surface area contributed by atoms with Crippen molar-refractivity contribution >= 4 is 40.9 Å². The number of hydrogen-bond donors (Lipinski definition) is 3. The molecule has 33 heavy (non-hydrogen) atoms. The molecule has 2 aliphatic carbocycles. The number of hydrogen-bond acceptors (Lipinski definition) is 8. The number of ether oxygens (including phenoxy) is 1. The Kier molecular flexibility index (Phi) is 4.47. The fourth-order valence-corrected chi connectivity index (χ4v) is 9.52. The molecule has 2 saturated carbocycles. The van der Waals surface area contributed by atoms with E-state index >= 15 is 0 Å². The topological polar surface area (TPSA) is 137 Å². The zero-order valence-corrected chi connectivity index (χ0v) is 19.0. The Morgan fingerprint density at radius 1 is 1.21 bits per heavy atom. The molecule has 3 heterocycles. The normalized spacial score (nSPS) is 33.7. The van der Waals surface area contributed by atoms with Gasteiger partial charge in [0.05, 0.1) is 24.0 Å². The van der Waals surface area contributed by atoms with Crippen LogP contribution in [0, 0.1) is 29.6 Å². The van der Waals surface area contributed by atoms with Crippen LogP contribution in [-0.2, 0) is 14.4 Å². The van der Waals surface area contributed by atoms with Gasteiger partial charge in [-0.05, 0) is 41.9 Å². The van der Waals surface area contributed by atoms with Gasteiger partial charge in [0.15, 0.2) is 11.5 Å². The summed E-state index contributed by atoms with van der Waals surface area (Å²) in [7, 11) is 1.47. The summed E-state index contributed by atoms with van der Waals surface area (Å²) in [5.41, 5.74) is 0.875. The van der Waals surface area contributed by atoms with E-state index in [1.54, 1.807) is 23.9 Å². The van der Waals surface area contributed by atoms with Gasteiger partial charge in [0.2, 0.25) is 11.8 Å². The molecule has 0 radical (unpaired) electrons. The minimum atomic E-state index is -1.20. The first kappa shape index (κ1) is 20.8. The first-order chi connectivity index (χ1) is 15.8. The molecule has 11 heteroatoms. The summed E-state index contributed by atoms with van der Waals surface area (Å²) >= 11 is 2.71. The van der Waals surface area contributed by atoms with Crippen LogP contribution in [0.4, 0.5) is 0 Å². The second-order valence-corrected chi connectivity index (χ2v) is 11.3. The summed E-state index contributed by atoms with van der Waals surface area (Å²) in [5.74, 6) is -3.03. The van der Waals surface area contributed by atoms with E-state index < -0.39 is 30.3 Å². The number of thiazole rings is 1. The summed E-state index contributed by atoms with van der Waals surface area (Å²) < 4.78 is 5.31. The summed E-state index contributed by atoms with van der Waals surface area (Å²) in [4.78, 5) is 54.3. The largest absolute Gasteiger partial charge is 0.504 e. The predicted octanol–water partition coefficient (Wildman–Crippen LogP) is 1.71. The number of imide groups is 1. The Morgan fingerprint density at radius 2 is 1.94 bits per heavy atom. The molecule has 2 aromatic rings. The summed E-state index contributed by atoms with van der Waals surface area (Å²) in [6.07, 6.45) is 0.723. The molecule has 2 amide bonds. The molecule has 172 valence electrons. The molecule has 1 aromatic heterocycles. The number of rotatable bonds is 4. The van der Waals surface area contributed by atoms with Crippen molar-refractivity contribution in [2.24, 2.45) is 29.6 Å². The van der Waals surface area contributed by atoms with E-state index in [0.717, 1.165) is 38.1 Å². The van der Waals surface area contributed by atoms with Crippen LogP contribution in [0.15, 0.2) is 28.0 Å². The van der Waals surface area contributed by atoms with E-state index in [9.17, 15) is 29.4 Å². The molecule has 4 aliphatic rings. The number of nitrogens with one attached hydrogen (secondary N) is 1. The number of aliphatic carboxylic acids is 1. The molecule has 1 saturated heterocycles. The van der Waals surface area contributed by atoms with Gasteiger partial charge in [-0.3, -0.25) is 24.1 Å². The number of aromatic nitrogens is 1. The number of thioether (sulfide) groups is 1. The number of carbonyl (C=O) groups excluding carboxylic acids is 2. The van der Waals surface area contributed by atoms with Crippen LogP contribution in [0.25, 0.3) is 0 Å². The number of nitrogens with zero attached hydrogens (tertiary/aromatic N) is 1. The summed E-state index contributed by atoms with van der Waals surface area (Å²) in [6.45, 7) is -0.605. The number of amides is 2. The van der Waals surface area contributed by atoms with Crippen molar-refractivity contribution in [1.29, 1.82) is 0 Å². The number of aromatic hydroxyl groups is 1. The molecule has 9 nitrogen and oxygen atoms in total. The molecular formula is C22H20N2O7S2. The predicted molar refractivity (Wildman–Crippen MR) is 118 cm³/mol. The van der Waals surface area contributed by atoms with E-state index in [-0.39, 0.29) is 45.5 Å². The number of benzene rings is 1. The maximum Gasteiger partial charge on any atom is 0.323 e. The number of likely N-dealkylation sites (tertiary alicyclic amines) is 1. The van der Waals surface area contributed by atoms with E-state index in [2.05, 4.69) is 4.98 Å². The Hall–Kier alpha value is -2.79. The van der Waals surface area contributed by atoms with Gasteiger partial charge in [-0.1, -0.05) is 17.4 Å². The number of methoxy groups -OCH3 is 1. The number of H-pyrrole nitrogens is 1. The molecular weight excluding hydrogens is 468 g/mol. The minimum Gasteiger partial charge on any atom is -0.504 e. The highest BCUT2D eigenvalue weighted by Crippen LogP contribution is 2.68. The van der Waals surface area contributed by atoms with Crippen molar-refractivity contribution in [2.75, 3.05) is 13.7 Å². The SMILES string of the molecule is COc1cc([C@H]2c3sc(=O)[nH]c3S[C@@H]3[C@@H]4C[C@@H]([C@@H]5C(=O)N(CC(=O)O)C(=O)[C@@H]45)[C@H]23)ccc1O. The zero-order chi connectivity index (χ0) is 23.2. The van der Waals surface area contributed by atoms with Crippen LogP contribution in [0.2, 0.25) is 0 Å². The van der Waals surface area contributed by atoms with Crippen LogP contribution in [0.1, 0.15) is 22.8 Å². The smallest absolute Gasteiger partial charge is 0.323 e. The highest BCUT2D eigenvalue weighted by molar-refractivity contribution is 8.00. The van der Waals surface area contributed by atoms with Crippen molar-refractivity contribution in [1.82, 2.24) is 9.88 Å². The van der Waals surface area contributed by atoms with Gasteiger partial charge in [-0.25, -0.2) is 0 Å².